The van der Waals surface area contributed by atoms with Gasteiger partial charge in [0.05, 0.1) is 21.2 Å². The van der Waals surface area contributed by atoms with Gasteiger partial charge in [-0.15, -0.1) is 0 Å². The first-order valence-electron chi connectivity index (χ1n) is 9.62. The Bertz CT molecular complexity index is 1270. The minimum absolute atomic E-state index is 0.128. The monoisotopic (exact) mass is 484 g/mol. The molecule has 0 aliphatic carbocycles. The van der Waals surface area contributed by atoms with E-state index in [4.69, 9.17) is 23.2 Å². The van der Waals surface area contributed by atoms with Crippen molar-refractivity contribution in [3.05, 3.63) is 103 Å². The molecule has 0 radical (unpaired) electrons. The number of halogens is 2. The molecule has 0 heterocycles. The largest absolute Gasteiger partial charge is 0.322 e. The molecule has 0 aliphatic rings. The van der Waals surface area contributed by atoms with Crippen molar-refractivity contribution >= 4 is 52.1 Å². The molecular weight excluding hydrogens is 467 g/mol. The normalized spacial score (nSPS) is 11.1. The number of carbonyl (C=O) groups excluding carboxylic acids is 2. The molecule has 3 aromatic rings. The van der Waals surface area contributed by atoms with Crippen LogP contribution in [-0.2, 0) is 0 Å². The average molecular weight is 485 g/mol. The lowest BCUT2D eigenvalue weighted by atomic mass is 10.1. The van der Waals surface area contributed by atoms with E-state index in [9.17, 15) is 19.7 Å². The molecule has 0 fully saturated rings. The Kier molecular flexibility index (Phi) is 7.42. The number of amides is 2. The van der Waals surface area contributed by atoms with Crippen molar-refractivity contribution in [2.45, 2.75) is 13.8 Å². The van der Waals surface area contributed by atoms with Gasteiger partial charge in [0.25, 0.3) is 17.5 Å². The molecule has 2 amide bonds. The summed E-state index contributed by atoms with van der Waals surface area (Å²) in [5.74, 6) is -0.949. The molecule has 0 atom stereocenters. The topological polar surface area (TPSA) is 114 Å². The summed E-state index contributed by atoms with van der Waals surface area (Å²) in [6.45, 7) is 3.29. The average Bonchev–Trinajstić information content (AvgIpc) is 2.77. The standard InChI is InChI=1S/C23H18Cl2N4O4/c1-13-3-4-16(11-21(13)29(32)33)22(30)28-27-14(2)15-5-8-18(9-6-15)26-23(31)19-10-7-17(24)12-20(19)25/h3-12H,1-2H3,(H,26,31)(H,28,30). The van der Waals surface area contributed by atoms with Crippen molar-refractivity contribution < 1.29 is 14.5 Å². The molecule has 0 bridgehead atoms. The number of anilines is 1. The first-order valence-corrected chi connectivity index (χ1v) is 10.4. The summed E-state index contributed by atoms with van der Waals surface area (Å²) < 4.78 is 0. The minimum Gasteiger partial charge on any atom is -0.322 e. The predicted octanol–water partition coefficient (Wildman–Crippen LogP) is 5.62. The van der Waals surface area contributed by atoms with Gasteiger partial charge in [-0.25, -0.2) is 5.43 Å². The van der Waals surface area contributed by atoms with Crippen LogP contribution < -0.4 is 10.7 Å². The Balaban J connectivity index is 1.66. The van der Waals surface area contributed by atoms with Crippen molar-refractivity contribution in [1.82, 2.24) is 5.43 Å². The summed E-state index contributed by atoms with van der Waals surface area (Å²) >= 11 is 11.9. The molecule has 0 aliphatic heterocycles. The third kappa shape index (κ3) is 5.94. The van der Waals surface area contributed by atoms with Crippen molar-refractivity contribution in [1.29, 1.82) is 0 Å². The number of benzene rings is 3. The highest BCUT2D eigenvalue weighted by Gasteiger charge is 2.15. The molecule has 3 rings (SSSR count). The SMILES string of the molecule is CC(=NNC(=O)c1ccc(C)c([N+](=O)[O-])c1)c1ccc(NC(=O)c2ccc(Cl)cc2Cl)cc1. The number of nitro groups is 1. The van der Waals surface area contributed by atoms with Crippen LogP contribution in [0.1, 0.15) is 38.8 Å². The van der Waals surface area contributed by atoms with Crippen LogP contribution in [0.2, 0.25) is 10.0 Å². The highest BCUT2D eigenvalue weighted by atomic mass is 35.5. The maximum atomic E-state index is 12.4. The zero-order chi connectivity index (χ0) is 24.1. The minimum atomic E-state index is -0.568. The Morgan fingerprint density at radius 1 is 0.939 bits per heavy atom. The maximum absolute atomic E-state index is 12.4. The number of nitro benzene ring substituents is 1. The number of nitrogens with one attached hydrogen (secondary N) is 2. The van der Waals surface area contributed by atoms with Crippen molar-refractivity contribution in [3.8, 4) is 0 Å². The molecular formula is C23H18Cl2N4O4. The Labute approximate surface area is 199 Å². The van der Waals surface area contributed by atoms with Crippen LogP contribution in [0.15, 0.2) is 65.8 Å². The fourth-order valence-corrected chi connectivity index (χ4v) is 3.37. The van der Waals surface area contributed by atoms with E-state index in [0.717, 1.165) is 0 Å². The van der Waals surface area contributed by atoms with Gasteiger partial charge in [-0.05, 0) is 55.8 Å². The molecule has 168 valence electrons. The van der Waals surface area contributed by atoms with Crippen LogP contribution in [0.25, 0.3) is 0 Å². The fourth-order valence-electron chi connectivity index (χ4n) is 2.88. The van der Waals surface area contributed by atoms with Gasteiger partial charge in [0.2, 0.25) is 0 Å². The highest BCUT2D eigenvalue weighted by Crippen LogP contribution is 2.22. The summed E-state index contributed by atoms with van der Waals surface area (Å²) in [5, 5.41) is 18.5. The van der Waals surface area contributed by atoms with Crippen LogP contribution in [0.5, 0.6) is 0 Å². The number of carbonyl (C=O) groups is 2. The number of aryl methyl sites for hydroxylation is 1. The second kappa shape index (κ2) is 10.2. The summed E-state index contributed by atoms with van der Waals surface area (Å²) in [5.41, 5.74) is 4.88. The zero-order valence-electron chi connectivity index (χ0n) is 17.6. The van der Waals surface area contributed by atoms with Crippen LogP contribution in [0.3, 0.4) is 0 Å². The van der Waals surface area contributed by atoms with Crippen LogP contribution in [0.4, 0.5) is 11.4 Å². The molecule has 0 saturated heterocycles. The van der Waals surface area contributed by atoms with Crippen LogP contribution >= 0.6 is 23.2 Å². The lowest BCUT2D eigenvalue weighted by Crippen LogP contribution is -2.19. The molecule has 3 aromatic carbocycles. The number of hydrogen-bond donors (Lipinski definition) is 2. The molecule has 0 spiro atoms. The Morgan fingerprint density at radius 2 is 1.61 bits per heavy atom. The second-order valence-electron chi connectivity index (χ2n) is 7.05. The molecule has 33 heavy (non-hydrogen) atoms. The van der Waals surface area contributed by atoms with E-state index in [1.165, 1.54) is 30.3 Å². The van der Waals surface area contributed by atoms with Crippen molar-refractivity contribution in [3.63, 3.8) is 0 Å². The van der Waals surface area contributed by atoms with E-state index in [2.05, 4.69) is 15.8 Å². The van der Waals surface area contributed by atoms with Crippen LogP contribution in [0, 0.1) is 17.0 Å². The van der Waals surface area contributed by atoms with Gasteiger partial charge >= 0.3 is 0 Å². The molecule has 0 unspecified atom stereocenters. The lowest BCUT2D eigenvalue weighted by Gasteiger charge is -2.08. The van der Waals surface area contributed by atoms with Gasteiger partial charge in [-0.3, -0.25) is 19.7 Å². The van der Waals surface area contributed by atoms with E-state index in [0.29, 0.717) is 33.1 Å². The van der Waals surface area contributed by atoms with Crippen molar-refractivity contribution in [2.24, 2.45) is 5.10 Å². The molecule has 0 saturated carbocycles. The second-order valence-corrected chi connectivity index (χ2v) is 7.90. The van der Waals surface area contributed by atoms with Gasteiger partial charge < -0.3 is 5.32 Å². The number of rotatable bonds is 6. The first-order chi connectivity index (χ1) is 15.7. The first kappa shape index (κ1) is 23.9. The fraction of sp³-hybridized carbons (Fsp3) is 0.0870. The summed E-state index contributed by atoms with van der Waals surface area (Å²) in [6, 6.07) is 15.6. The van der Waals surface area contributed by atoms with Gasteiger partial charge in [0.15, 0.2) is 0 Å². The molecule has 8 nitrogen and oxygen atoms in total. The summed E-state index contributed by atoms with van der Waals surface area (Å²) in [6.07, 6.45) is 0. The smallest absolute Gasteiger partial charge is 0.273 e. The number of hydrogen-bond acceptors (Lipinski definition) is 5. The zero-order valence-corrected chi connectivity index (χ0v) is 19.1. The molecule has 0 aromatic heterocycles. The Morgan fingerprint density at radius 3 is 2.24 bits per heavy atom. The summed E-state index contributed by atoms with van der Waals surface area (Å²) in [7, 11) is 0. The van der Waals surface area contributed by atoms with E-state index in [1.54, 1.807) is 44.2 Å². The van der Waals surface area contributed by atoms with Gasteiger partial charge in [-0.1, -0.05) is 41.4 Å². The van der Waals surface area contributed by atoms with E-state index in [-0.39, 0.29) is 22.2 Å². The maximum Gasteiger partial charge on any atom is 0.273 e. The summed E-state index contributed by atoms with van der Waals surface area (Å²) in [4.78, 5) is 35.3. The van der Waals surface area contributed by atoms with E-state index in [1.807, 2.05) is 0 Å². The predicted molar refractivity (Wildman–Crippen MR) is 128 cm³/mol. The molecule has 2 N–H and O–H groups in total. The Hall–Kier alpha value is -3.75. The molecule has 10 heteroatoms. The quantitative estimate of drug-likeness (QED) is 0.268. The van der Waals surface area contributed by atoms with Gasteiger partial charge in [0.1, 0.15) is 0 Å². The number of nitrogens with zero attached hydrogens (tertiary/aromatic N) is 2. The third-order valence-electron chi connectivity index (χ3n) is 4.73. The van der Waals surface area contributed by atoms with E-state index >= 15 is 0 Å². The number of hydrazone groups is 1. The van der Waals surface area contributed by atoms with Crippen molar-refractivity contribution in [2.75, 3.05) is 5.32 Å². The van der Waals surface area contributed by atoms with Crippen LogP contribution in [-0.4, -0.2) is 22.4 Å². The van der Waals surface area contributed by atoms with E-state index < -0.39 is 10.8 Å². The van der Waals surface area contributed by atoms with Gasteiger partial charge in [-0.2, -0.15) is 5.10 Å². The van der Waals surface area contributed by atoms with Gasteiger partial charge in [0, 0.05) is 27.9 Å². The lowest BCUT2D eigenvalue weighted by molar-refractivity contribution is -0.385. The highest BCUT2D eigenvalue weighted by molar-refractivity contribution is 6.37. The third-order valence-corrected chi connectivity index (χ3v) is 5.28.